The average Bonchev–Trinajstić information content (AvgIpc) is 3.58. The third kappa shape index (κ3) is 7.54. The lowest BCUT2D eigenvalue weighted by atomic mass is 10.1. The molecule has 2 aliphatic heterocycles. The van der Waals surface area contributed by atoms with Crippen LogP contribution in [0.5, 0.6) is 0 Å². The van der Waals surface area contributed by atoms with E-state index in [1.54, 1.807) is 15.9 Å². The Morgan fingerprint density at radius 2 is 1.60 bits per heavy atom. The number of benzene rings is 1. The second kappa shape index (κ2) is 14.7. The van der Waals surface area contributed by atoms with Crippen molar-refractivity contribution in [3.8, 4) is 11.4 Å². The number of carbonyl (C=O) groups is 4. The topological polar surface area (TPSA) is 134 Å². The van der Waals surface area contributed by atoms with Crippen LogP contribution in [0.15, 0.2) is 36.4 Å². The van der Waals surface area contributed by atoms with Crippen molar-refractivity contribution in [2.24, 2.45) is 17.8 Å². The number of amides is 3. The van der Waals surface area contributed by atoms with Gasteiger partial charge in [-0.15, -0.1) is 0 Å². The SMILES string of the molecule is CCCCOC(=O)N1CCN(C(=O)[C@H](CCCC)NC(=O)c2cc(N3C[C@@H]4[C@H](C3)[C@@H]4C(=O)OC)nc(-c3ccccc3)n2)CC1. The number of hydrogen-bond donors (Lipinski definition) is 1. The second-order valence-corrected chi connectivity index (χ2v) is 12.0. The summed E-state index contributed by atoms with van der Waals surface area (Å²) in [6.45, 7) is 7.28. The van der Waals surface area contributed by atoms with Crippen LogP contribution in [0.2, 0.25) is 0 Å². The molecule has 0 spiro atoms. The summed E-state index contributed by atoms with van der Waals surface area (Å²) >= 11 is 0. The number of unbranched alkanes of at least 4 members (excludes halogenated alkanes) is 2. The molecule has 45 heavy (non-hydrogen) atoms. The first kappa shape index (κ1) is 32.2. The fourth-order valence-corrected chi connectivity index (χ4v) is 6.25. The van der Waals surface area contributed by atoms with E-state index in [2.05, 4.69) is 15.2 Å². The van der Waals surface area contributed by atoms with Gasteiger partial charge in [0.2, 0.25) is 5.91 Å². The standard InChI is InChI=1S/C33H44N6O6/c1-4-6-13-25(31(41)37-14-16-38(17-15-37)33(43)45-18-7-5-2)35-30(40)26-19-27(36-29(34-26)22-11-9-8-10-12-22)39-20-23-24(21-39)28(23)32(42)44-3/h8-12,19,23-25,28H,4-7,13-18,20-21H2,1-3H3,(H,35,40)/t23-,24+,25-,28-/m0/s1. The zero-order valence-corrected chi connectivity index (χ0v) is 26.4. The average molecular weight is 621 g/mol. The first-order valence-corrected chi connectivity index (χ1v) is 16.1. The summed E-state index contributed by atoms with van der Waals surface area (Å²) in [5.74, 6) is 0.586. The van der Waals surface area contributed by atoms with Crippen LogP contribution in [-0.4, -0.2) is 103 Å². The molecule has 3 fully saturated rings. The fraction of sp³-hybridized carbons (Fsp3) is 0.576. The highest BCUT2D eigenvalue weighted by Gasteiger charge is 2.60. The highest BCUT2D eigenvalue weighted by molar-refractivity contribution is 5.97. The second-order valence-electron chi connectivity index (χ2n) is 12.0. The summed E-state index contributed by atoms with van der Waals surface area (Å²) in [6, 6.07) is 10.4. The minimum atomic E-state index is -0.723. The Kier molecular flexibility index (Phi) is 10.5. The molecule has 4 atom stereocenters. The number of esters is 1. The lowest BCUT2D eigenvalue weighted by Crippen LogP contribution is -2.56. The molecule has 0 radical (unpaired) electrons. The Morgan fingerprint density at radius 1 is 0.933 bits per heavy atom. The molecule has 1 saturated carbocycles. The largest absolute Gasteiger partial charge is 0.469 e. The number of methoxy groups -OCH3 is 1. The van der Waals surface area contributed by atoms with E-state index in [9.17, 15) is 19.2 Å². The van der Waals surface area contributed by atoms with Crippen molar-refractivity contribution >= 4 is 29.7 Å². The van der Waals surface area contributed by atoms with E-state index >= 15 is 0 Å². The summed E-state index contributed by atoms with van der Waals surface area (Å²) in [7, 11) is 1.42. The van der Waals surface area contributed by atoms with E-state index in [4.69, 9.17) is 14.5 Å². The monoisotopic (exact) mass is 620 g/mol. The van der Waals surface area contributed by atoms with Crippen LogP contribution in [0.4, 0.5) is 10.6 Å². The maximum absolute atomic E-state index is 13.8. The van der Waals surface area contributed by atoms with Crippen LogP contribution in [-0.2, 0) is 19.1 Å². The Morgan fingerprint density at radius 3 is 2.24 bits per heavy atom. The van der Waals surface area contributed by atoms with Gasteiger partial charge in [0.1, 0.15) is 17.6 Å². The highest BCUT2D eigenvalue weighted by atomic mass is 16.6. The van der Waals surface area contributed by atoms with E-state index in [0.717, 1.165) is 31.2 Å². The molecular formula is C33H44N6O6. The Bertz CT molecular complexity index is 1350. The van der Waals surface area contributed by atoms with Gasteiger partial charge < -0.3 is 29.5 Å². The molecule has 3 amide bonds. The van der Waals surface area contributed by atoms with E-state index in [1.807, 2.05) is 44.2 Å². The van der Waals surface area contributed by atoms with Gasteiger partial charge in [-0.1, -0.05) is 63.4 Å². The number of rotatable bonds is 12. The fourth-order valence-electron chi connectivity index (χ4n) is 6.25. The number of carbonyl (C=O) groups excluding carboxylic acids is 4. The molecule has 12 nitrogen and oxygen atoms in total. The van der Waals surface area contributed by atoms with Crippen molar-refractivity contribution < 1.29 is 28.7 Å². The molecule has 242 valence electrons. The maximum Gasteiger partial charge on any atom is 0.409 e. The van der Waals surface area contributed by atoms with Crippen LogP contribution < -0.4 is 10.2 Å². The number of fused-ring (bicyclic) bond motifs is 1. The lowest BCUT2D eigenvalue weighted by Gasteiger charge is -2.36. The van der Waals surface area contributed by atoms with E-state index < -0.39 is 11.9 Å². The van der Waals surface area contributed by atoms with Crippen molar-refractivity contribution in [1.82, 2.24) is 25.1 Å². The van der Waals surface area contributed by atoms with E-state index in [0.29, 0.717) is 63.9 Å². The zero-order valence-electron chi connectivity index (χ0n) is 26.4. The first-order valence-electron chi connectivity index (χ1n) is 16.1. The molecule has 3 heterocycles. The minimum absolute atomic E-state index is 0.0802. The predicted octanol–water partition coefficient (Wildman–Crippen LogP) is 3.37. The maximum atomic E-state index is 13.8. The molecule has 2 aromatic rings. The molecule has 5 rings (SSSR count). The van der Waals surface area contributed by atoms with Gasteiger partial charge in [0.05, 0.1) is 19.6 Å². The zero-order chi connectivity index (χ0) is 31.9. The number of hydrogen-bond acceptors (Lipinski definition) is 9. The van der Waals surface area contributed by atoms with Gasteiger partial charge in [-0.05, 0) is 24.7 Å². The molecule has 1 N–H and O–H groups in total. The summed E-state index contributed by atoms with van der Waals surface area (Å²) in [5.41, 5.74) is 0.952. The Balaban J connectivity index is 1.29. The number of piperazine rings is 1. The molecule has 3 aliphatic rings. The van der Waals surface area contributed by atoms with Gasteiger partial charge in [-0.2, -0.15) is 0 Å². The van der Waals surface area contributed by atoms with Gasteiger partial charge in [-0.3, -0.25) is 14.4 Å². The van der Waals surface area contributed by atoms with Crippen LogP contribution >= 0.6 is 0 Å². The predicted molar refractivity (Wildman–Crippen MR) is 167 cm³/mol. The lowest BCUT2D eigenvalue weighted by molar-refractivity contribution is -0.143. The van der Waals surface area contributed by atoms with Gasteiger partial charge in [0.15, 0.2) is 5.82 Å². The van der Waals surface area contributed by atoms with Gasteiger partial charge >= 0.3 is 12.1 Å². The smallest absolute Gasteiger partial charge is 0.409 e. The molecule has 1 aliphatic carbocycles. The normalized spacial score (nSPS) is 21.1. The van der Waals surface area contributed by atoms with E-state index in [-0.39, 0.29) is 41.4 Å². The quantitative estimate of drug-likeness (QED) is 0.280. The number of nitrogens with one attached hydrogen (secondary N) is 1. The van der Waals surface area contributed by atoms with Crippen molar-refractivity contribution in [1.29, 1.82) is 0 Å². The first-order chi connectivity index (χ1) is 21.8. The van der Waals surface area contributed by atoms with Crippen LogP contribution in [0.3, 0.4) is 0 Å². The number of ether oxygens (including phenoxy) is 2. The molecule has 0 unspecified atom stereocenters. The van der Waals surface area contributed by atoms with Crippen LogP contribution in [0.1, 0.15) is 56.4 Å². The number of anilines is 1. The van der Waals surface area contributed by atoms with Gasteiger partial charge in [0, 0.05) is 50.9 Å². The van der Waals surface area contributed by atoms with Crippen molar-refractivity contribution in [3.63, 3.8) is 0 Å². The summed E-state index contributed by atoms with van der Waals surface area (Å²) in [6.07, 6.45) is 3.55. The summed E-state index contributed by atoms with van der Waals surface area (Å²) in [4.78, 5) is 66.7. The van der Waals surface area contributed by atoms with Crippen molar-refractivity contribution in [2.75, 3.05) is 57.9 Å². The van der Waals surface area contributed by atoms with Gasteiger partial charge in [-0.25, -0.2) is 14.8 Å². The van der Waals surface area contributed by atoms with Crippen molar-refractivity contribution in [3.05, 3.63) is 42.1 Å². The number of aromatic nitrogens is 2. The van der Waals surface area contributed by atoms with E-state index in [1.165, 1.54) is 7.11 Å². The molecule has 12 heteroatoms. The highest BCUT2D eigenvalue weighted by Crippen LogP contribution is 2.53. The third-order valence-corrected chi connectivity index (χ3v) is 8.99. The van der Waals surface area contributed by atoms with Crippen molar-refractivity contribution in [2.45, 2.75) is 52.0 Å². The molecular weight excluding hydrogens is 576 g/mol. The molecule has 1 aromatic carbocycles. The Hall–Kier alpha value is -4.22. The minimum Gasteiger partial charge on any atom is -0.469 e. The van der Waals surface area contributed by atoms with Crippen LogP contribution in [0.25, 0.3) is 11.4 Å². The van der Waals surface area contributed by atoms with Gasteiger partial charge in [0.25, 0.3) is 5.91 Å². The Labute approximate surface area is 264 Å². The third-order valence-electron chi connectivity index (χ3n) is 8.99. The summed E-state index contributed by atoms with van der Waals surface area (Å²) < 4.78 is 10.3. The van der Waals surface area contributed by atoms with Crippen LogP contribution in [0, 0.1) is 17.8 Å². The molecule has 0 bridgehead atoms. The summed E-state index contributed by atoms with van der Waals surface area (Å²) in [5, 5.41) is 2.97. The number of piperidine rings is 1. The molecule has 1 aromatic heterocycles. The number of nitrogens with zero attached hydrogens (tertiary/aromatic N) is 5. The molecule has 2 saturated heterocycles.